The lowest BCUT2D eigenvalue weighted by atomic mass is 9.72. The molecule has 0 atom stereocenters. The van der Waals surface area contributed by atoms with Gasteiger partial charge in [0.2, 0.25) is 5.91 Å². The third-order valence-corrected chi connectivity index (χ3v) is 4.43. The number of rotatable bonds is 3. The van der Waals surface area contributed by atoms with Crippen molar-refractivity contribution in [2.45, 2.75) is 63.8 Å². The standard InChI is InChI=1S/C13H23N3O2/c14-11(16-18)13(8-4-1-5-9-13)12(17)15-10-6-2-3-7-10/h10,18H,1-9H2,(H2,14,16)(H,15,17). The number of oxime groups is 1. The summed E-state index contributed by atoms with van der Waals surface area (Å²) >= 11 is 0. The second-order valence-electron chi connectivity index (χ2n) is 5.58. The minimum Gasteiger partial charge on any atom is -0.409 e. The molecule has 18 heavy (non-hydrogen) atoms. The maximum Gasteiger partial charge on any atom is 0.234 e. The third kappa shape index (κ3) is 2.44. The van der Waals surface area contributed by atoms with Crippen LogP contribution in [0.25, 0.3) is 0 Å². The zero-order valence-electron chi connectivity index (χ0n) is 10.8. The molecule has 0 saturated heterocycles. The van der Waals surface area contributed by atoms with E-state index in [-0.39, 0.29) is 17.8 Å². The molecule has 0 aromatic rings. The lowest BCUT2D eigenvalue weighted by Gasteiger charge is -2.35. The molecule has 2 saturated carbocycles. The van der Waals surface area contributed by atoms with Crippen molar-refractivity contribution >= 4 is 11.7 Å². The van der Waals surface area contributed by atoms with Gasteiger partial charge in [-0.15, -0.1) is 0 Å². The minimum absolute atomic E-state index is 0.0376. The SMILES string of the molecule is NC(=NO)C1(C(=O)NC2CCCC2)CCCCC1. The lowest BCUT2D eigenvalue weighted by molar-refractivity contribution is -0.129. The van der Waals surface area contributed by atoms with Crippen molar-refractivity contribution in [2.24, 2.45) is 16.3 Å². The molecule has 102 valence electrons. The van der Waals surface area contributed by atoms with Gasteiger partial charge in [-0.3, -0.25) is 4.79 Å². The van der Waals surface area contributed by atoms with Crippen LogP contribution in [0.5, 0.6) is 0 Å². The summed E-state index contributed by atoms with van der Waals surface area (Å²) in [7, 11) is 0. The number of amidine groups is 1. The highest BCUT2D eigenvalue weighted by Gasteiger charge is 2.44. The second kappa shape index (κ2) is 5.59. The highest BCUT2D eigenvalue weighted by atomic mass is 16.4. The van der Waals surface area contributed by atoms with E-state index in [1.165, 1.54) is 12.8 Å². The molecular weight excluding hydrogens is 230 g/mol. The van der Waals surface area contributed by atoms with Crippen LogP contribution in [0.4, 0.5) is 0 Å². The first-order valence-corrected chi connectivity index (χ1v) is 6.98. The highest BCUT2D eigenvalue weighted by Crippen LogP contribution is 2.37. The zero-order valence-corrected chi connectivity index (χ0v) is 10.8. The maximum atomic E-state index is 12.5. The number of amides is 1. The van der Waals surface area contributed by atoms with Gasteiger partial charge in [-0.1, -0.05) is 37.3 Å². The smallest absolute Gasteiger partial charge is 0.234 e. The van der Waals surface area contributed by atoms with E-state index in [2.05, 4.69) is 10.5 Å². The van der Waals surface area contributed by atoms with E-state index in [9.17, 15) is 4.79 Å². The van der Waals surface area contributed by atoms with Crippen molar-refractivity contribution in [1.29, 1.82) is 0 Å². The van der Waals surface area contributed by atoms with Gasteiger partial charge in [0.05, 0.1) is 0 Å². The van der Waals surface area contributed by atoms with Crippen molar-refractivity contribution in [3.8, 4) is 0 Å². The van der Waals surface area contributed by atoms with Gasteiger partial charge in [0.25, 0.3) is 0 Å². The molecule has 0 aliphatic heterocycles. The quantitative estimate of drug-likeness (QED) is 0.310. The Morgan fingerprint density at radius 1 is 1.17 bits per heavy atom. The van der Waals surface area contributed by atoms with Crippen LogP contribution >= 0.6 is 0 Å². The summed E-state index contributed by atoms with van der Waals surface area (Å²) in [4.78, 5) is 12.5. The normalized spacial score (nSPS) is 25.0. The summed E-state index contributed by atoms with van der Waals surface area (Å²) in [5.41, 5.74) is 5.03. The van der Waals surface area contributed by atoms with Crippen molar-refractivity contribution in [2.75, 3.05) is 0 Å². The Kier molecular flexibility index (Phi) is 4.09. The molecule has 2 aliphatic rings. The predicted octanol–water partition coefficient (Wildman–Crippen LogP) is 1.74. The second-order valence-corrected chi connectivity index (χ2v) is 5.58. The van der Waals surface area contributed by atoms with Gasteiger partial charge < -0.3 is 16.3 Å². The molecular formula is C13H23N3O2. The molecule has 0 spiro atoms. The third-order valence-electron chi connectivity index (χ3n) is 4.43. The molecule has 2 aliphatic carbocycles. The first kappa shape index (κ1) is 13.2. The van der Waals surface area contributed by atoms with E-state index in [1.807, 2.05) is 0 Å². The van der Waals surface area contributed by atoms with Gasteiger partial charge in [-0.2, -0.15) is 0 Å². The molecule has 0 unspecified atom stereocenters. The minimum atomic E-state index is -0.768. The molecule has 0 radical (unpaired) electrons. The molecule has 0 heterocycles. The molecule has 0 aromatic heterocycles. The van der Waals surface area contributed by atoms with Gasteiger partial charge in [0, 0.05) is 6.04 Å². The van der Waals surface area contributed by atoms with E-state index in [1.54, 1.807) is 0 Å². The summed E-state index contributed by atoms with van der Waals surface area (Å²) in [6.45, 7) is 0. The van der Waals surface area contributed by atoms with Crippen LogP contribution in [0.2, 0.25) is 0 Å². The monoisotopic (exact) mass is 253 g/mol. The molecule has 0 bridgehead atoms. The summed E-state index contributed by atoms with van der Waals surface area (Å²) in [6, 6.07) is 0.280. The zero-order chi connectivity index (χ0) is 13.0. The first-order valence-electron chi connectivity index (χ1n) is 6.98. The average molecular weight is 253 g/mol. The molecule has 5 heteroatoms. The maximum absolute atomic E-state index is 12.5. The van der Waals surface area contributed by atoms with Crippen LogP contribution < -0.4 is 11.1 Å². The van der Waals surface area contributed by atoms with Crippen LogP contribution in [-0.4, -0.2) is 23.0 Å². The molecule has 5 nitrogen and oxygen atoms in total. The number of hydrogen-bond donors (Lipinski definition) is 3. The molecule has 2 rings (SSSR count). The topological polar surface area (TPSA) is 87.7 Å². The molecule has 0 aromatic carbocycles. The largest absolute Gasteiger partial charge is 0.409 e. The van der Waals surface area contributed by atoms with E-state index in [4.69, 9.17) is 10.9 Å². The fraction of sp³-hybridized carbons (Fsp3) is 0.846. The lowest BCUT2D eigenvalue weighted by Crippen LogP contribution is -2.52. The van der Waals surface area contributed by atoms with E-state index >= 15 is 0 Å². The van der Waals surface area contributed by atoms with Crippen molar-refractivity contribution in [3.63, 3.8) is 0 Å². The Labute approximate surface area is 108 Å². The van der Waals surface area contributed by atoms with Crippen LogP contribution in [0.15, 0.2) is 5.16 Å². The van der Waals surface area contributed by atoms with Crippen LogP contribution in [-0.2, 0) is 4.79 Å². The number of hydrogen-bond acceptors (Lipinski definition) is 3. The Balaban J connectivity index is 2.09. The van der Waals surface area contributed by atoms with Gasteiger partial charge >= 0.3 is 0 Å². The Bertz CT molecular complexity index is 329. The summed E-state index contributed by atoms with van der Waals surface area (Å²) < 4.78 is 0. The number of nitrogens with one attached hydrogen (secondary N) is 1. The average Bonchev–Trinajstić information content (AvgIpc) is 2.91. The predicted molar refractivity (Wildman–Crippen MR) is 69.3 cm³/mol. The number of nitrogens with zero attached hydrogens (tertiary/aromatic N) is 1. The number of carbonyl (C=O) groups is 1. The number of carbonyl (C=O) groups excluding carboxylic acids is 1. The van der Waals surface area contributed by atoms with E-state index in [0.29, 0.717) is 12.8 Å². The fourth-order valence-corrected chi connectivity index (χ4v) is 3.24. The van der Waals surface area contributed by atoms with Gasteiger partial charge in [0.15, 0.2) is 5.84 Å². The molecule has 1 amide bonds. The summed E-state index contributed by atoms with van der Waals surface area (Å²) in [5, 5.41) is 15.2. The van der Waals surface area contributed by atoms with Crippen LogP contribution in [0, 0.1) is 5.41 Å². The summed E-state index contributed by atoms with van der Waals surface area (Å²) in [6.07, 6.45) is 8.92. The van der Waals surface area contributed by atoms with Gasteiger partial charge in [-0.25, -0.2) is 0 Å². The fourth-order valence-electron chi connectivity index (χ4n) is 3.24. The van der Waals surface area contributed by atoms with Gasteiger partial charge in [0.1, 0.15) is 5.41 Å². The summed E-state index contributed by atoms with van der Waals surface area (Å²) in [5.74, 6) is 0.0436. The number of nitrogens with two attached hydrogens (primary N) is 1. The molecule has 2 fully saturated rings. The Morgan fingerprint density at radius 3 is 2.33 bits per heavy atom. The van der Waals surface area contributed by atoms with Crippen molar-refractivity contribution < 1.29 is 10.0 Å². The Hall–Kier alpha value is -1.26. The van der Waals surface area contributed by atoms with Gasteiger partial charge in [-0.05, 0) is 25.7 Å². The van der Waals surface area contributed by atoms with Crippen LogP contribution in [0.3, 0.4) is 0 Å². The van der Waals surface area contributed by atoms with Crippen LogP contribution in [0.1, 0.15) is 57.8 Å². The van der Waals surface area contributed by atoms with Crippen molar-refractivity contribution in [1.82, 2.24) is 5.32 Å². The van der Waals surface area contributed by atoms with Crippen molar-refractivity contribution in [3.05, 3.63) is 0 Å². The molecule has 4 N–H and O–H groups in total. The highest BCUT2D eigenvalue weighted by molar-refractivity contribution is 6.06. The Morgan fingerprint density at radius 2 is 1.78 bits per heavy atom. The van der Waals surface area contributed by atoms with E-state index < -0.39 is 5.41 Å². The van der Waals surface area contributed by atoms with E-state index in [0.717, 1.165) is 32.1 Å². The first-order chi connectivity index (χ1) is 8.69.